The third-order valence-electron chi connectivity index (χ3n) is 3.00. The van der Waals surface area contributed by atoms with Gasteiger partial charge in [-0.3, -0.25) is 19.3 Å². The Morgan fingerprint density at radius 2 is 2.00 bits per heavy atom. The van der Waals surface area contributed by atoms with Gasteiger partial charge in [0.2, 0.25) is 11.8 Å². The number of amides is 2. The Morgan fingerprint density at radius 3 is 2.64 bits per heavy atom. The van der Waals surface area contributed by atoms with E-state index in [1.54, 1.807) is 0 Å². The highest BCUT2D eigenvalue weighted by Crippen LogP contribution is 2.30. The predicted molar refractivity (Wildman–Crippen MR) is 86.2 cm³/mol. The quantitative estimate of drug-likeness (QED) is 0.753. The van der Waals surface area contributed by atoms with Gasteiger partial charge in [-0.1, -0.05) is 54.3 Å². The molecule has 1 heterocycles. The van der Waals surface area contributed by atoms with Gasteiger partial charge in [0.15, 0.2) is 0 Å². The molecule has 2 N–H and O–H groups in total. The van der Waals surface area contributed by atoms with Crippen LogP contribution in [0.15, 0.2) is 30.3 Å². The average Bonchev–Trinajstić information content (AvgIpc) is 2.74. The third-order valence-corrected chi connectivity index (χ3v) is 4.58. The van der Waals surface area contributed by atoms with E-state index in [0.717, 1.165) is 17.3 Å². The van der Waals surface area contributed by atoms with Gasteiger partial charge in [-0.2, -0.15) is 0 Å². The first kappa shape index (κ1) is 16.4. The van der Waals surface area contributed by atoms with E-state index in [0.29, 0.717) is 10.9 Å². The van der Waals surface area contributed by atoms with Crippen LogP contribution in [-0.4, -0.2) is 43.9 Å². The molecular weight excluding hydrogens is 324 g/mol. The zero-order chi connectivity index (χ0) is 16.1. The molecule has 0 bridgehead atoms. The fraction of sp³-hybridized carbons (Fsp3) is 0.286. The Hall–Kier alpha value is -1.93. The number of hydrogen-bond acceptors (Lipinski definition) is 5. The second-order valence-electron chi connectivity index (χ2n) is 4.66. The molecule has 1 fully saturated rings. The number of carbonyl (C=O) groups excluding carboxylic acids is 2. The number of carboxylic acids is 1. The third kappa shape index (κ3) is 4.28. The van der Waals surface area contributed by atoms with Crippen LogP contribution in [0.5, 0.6) is 0 Å². The van der Waals surface area contributed by atoms with Gasteiger partial charge in [-0.25, -0.2) is 0 Å². The van der Waals surface area contributed by atoms with Crippen molar-refractivity contribution >= 4 is 46.1 Å². The Labute approximate surface area is 136 Å². The highest BCUT2D eigenvalue weighted by molar-refractivity contribution is 8.24. The monoisotopic (exact) mass is 338 g/mol. The van der Waals surface area contributed by atoms with Crippen LogP contribution >= 0.6 is 24.0 Å². The summed E-state index contributed by atoms with van der Waals surface area (Å²) < 4.78 is 0.435. The first-order valence-electron chi connectivity index (χ1n) is 6.52. The summed E-state index contributed by atoms with van der Waals surface area (Å²) in [6.45, 7) is -0.0820. The standard InChI is InChI=1S/C14H14N2O4S2/c17-11(15-7-12(18)19)6-10-13(20)16(14(21)22-10)8-9-4-2-1-3-5-9/h1-5,10H,6-8H2,(H,15,17)(H,18,19). The van der Waals surface area contributed by atoms with Gasteiger partial charge < -0.3 is 10.4 Å². The summed E-state index contributed by atoms with van der Waals surface area (Å²) in [5.41, 5.74) is 0.953. The molecule has 2 rings (SSSR count). The summed E-state index contributed by atoms with van der Waals surface area (Å²) in [7, 11) is 0. The van der Waals surface area contributed by atoms with Crippen molar-refractivity contribution in [2.75, 3.05) is 6.54 Å². The van der Waals surface area contributed by atoms with E-state index in [-0.39, 0.29) is 12.3 Å². The van der Waals surface area contributed by atoms with E-state index in [1.807, 2.05) is 30.3 Å². The van der Waals surface area contributed by atoms with Crippen molar-refractivity contribution in [2.24, 2.45) is 0 Å². The van der Waals surface area contributed by atoms with Crippen molar-refractivity contribution in [3.63, 3.8) is 0 Å². The van der Waals surface area contributed by atoms with Crippen LogP contribution in [0.3, 0.4) is 0 Å². The molecule has 1 saturated heterocycles. The molecule has 2 amide bonds. The topological polar surface area (TPSA) is 86.7 Å². The molecule has 1 atom stereocenters. The molecule has 116 valence electrons. The minimum atomic E-state index is -1.13. The Morgan fingerprint density at radius 1 is 1.32 bits per heavy atom. The Bertz CT molecular complexity index is 606. The number of thiocarbonyl (C=S) groups is 1. The van der Waals surface area contributed by atoms with Gasteiger partial charge in [0, 0.05) is 6.42 Å². The van der Waals surface area contributed by atoms with Crippen LogP contribution in [0.4, 0.5) is 0 Å². The SMILES string of the molecule is O=C(O)CNC(=O)CC1SC(=S)N(Cc2ccccc2)C1=O. The van der Waals surface area contributed by atoms with Gasteiger partial charge in [0.05, 0.1) is 11.8 Å². The van der Waals surface area contributed by atoms with Gasteiger partial charge in [0.1, 0.15) is 10.9 Å². The molecule has 0 spiro atoms. The highest BCUT2D eigenvalue weighted by Gasteiger charge is 2.37. The van der Waals surface area contributed by atoms with E-state index in [1.165, 1.54) is 4.90 Å². The number of carbonyl (C=O) groups is 3. The number of benzene rings is 1. The van der Waals surface area contributed by atoms with Crippen molar-refractivity contribution in [2.45, 2.75) is 18.2 Å². The molecule has 1 aliphatic rings. The minimum Gasteiger partial charge on any atom is -0.480 e. The molecule has 22 heavy (non-hydrogen) atoms. The van der Waals surface area contributed by atoms with E-state index < -0.39 is 23.7 Å². The maximum Gasteiger partial charge on any atom is 0.322 e. The first-order chi connectivity index (χ1) is 10.5. The largest absolute Gasteiger partial charge is 0.480 e. The zero-order valence-electron chi connectivity index (χ0n) is 11.5. The Kier molecular flexibility index (Phi) is 5.51. The molecule has 1 unspecified atom stereocenters. The number of nitrogens with zero attached hydrogens (tertiary/aromatic N) is 1. The van der Waals surface area contributed by atoms with Crippen LogP contribution < -0.4 is 5.32 Å². The van der Waals surface area contributed by atoms with E-state index in [2.05, 4.69) is 5.32 Å². The number of nitrogens with one attached hydrogen (secondary N) is 1. The second-order valence-corrected chi connectivity index (χ2v) is 6.49. The number of thioether (sulfide) groups is 1. The minimum absolute atomic E-state index is 0.0811. The molecule has 0 aromatic heterocycles. The maximum absolute atomic E-state index is 12.3. The number of hydrogen-bond donors (Lipinski definition) is 2. The molecule has 8 heteroatoms. The molecule has 0 saturated carbocycles. The van der Waals surface area contributed by atoms with E-state index in [9.17, 15) is 14.4 Å². The number of aliphatic carboxylic acids is 1. The van der Waals surface area contributed by atoms with Crippen LogP contribution in [0, 0.1) is 0 Å². The predicted octanol–water partition coefficient (Wildman–Crippen LogP) is 1.01. The molecule has 1 aromatic carbocycles. The lowest BCUT2D eigenvalue weighted by Gasteiger charge is -2.15. The van der Waals surface area contributed by atoms with Gasteiger partial charge in [0.25, 0.3) is 0 Å². The molecule has 1 aliphatic heterocycles. The van der Waals surface area contributed by atoms with Crippen molar-refractivity contribution in [3.8, 4) is 0 Å². The van der Waals surface area contributed by atoms with Crippen molar-refractivity contribution in [1.29, 1.82) is 0 Å². The summed E-state index contributed by atoms with van der Waals surface area (Å²) in [6, 6.07) is 9.44. The second kappa shape index (κ2) is 7.37. The van der Waals surface area contributed by atoms with E-state index >= 15 is 0 Å². The average molecular weight is 338 g/mol. The van der Waals surface area contributed by atoms with Crippen LogP contribution in [0.1, 0.15) is 12.0 Å². The summed E-state index contributed by atoms with van der Waals surface area (Å²) in [4.78, 5) is 35.8. The molecule has 6 nitrogen and oxygen atoms in total. The molecule has 0 radical (unpaired) electrons. The smallest absolute Gasteiger partial charge is 0.322 e. The molecular formula is C14H14N2O4S2. The number of carboxylic acid groups (broad SMARTS) is 1. The van der Waals surface area contributed by atoms with Gasteiger partial charge in [-0.15, -0.1) is 0 Å². The van der Waals surface area contributed by atoms with Crippen LogP contribution in [0.2, 0.25) is 0 Å². The summed E-state index contributed by atoms with van der Waals surface area (Å²) >= 11 is 6.36. The summed E-state index contributed by atoms with van der Waals surface area (Å²) in [6.07, 6.45) is -0.0811. The van der Waals surface area contributed by atoms with Gasteiger partial charge >= 0.3 is 5.97 Å². The molecule has 1 aromatic rings. The van der Waals surface area contributed by atoms with Crippen molar-refractivity contribution in [1.82, 2.24) is 10.2 Å². The first-order valence-corrected chi connectivity index (χ1v) is 7.80. The lowest BCUT2D eigenvalue weighted by atomic mass is 10.2. The lowest BCUT2D eigenvalue weighted by Crippen LogP contribution is -2.35. The van der Waals surface area contributed by atoms with Crippen LogP contribution in [0.25, 0.3) is 0 Å². The number of rotatable bonds is 6. The van der Waals surface area contributed by atoms with E-state index in [4.69, 9.17) is 17.3 Å². The fourth-order valence-electron chi connectivity index (χ4n) is 1.95. The maximum atomic E-state index is 12.3. The molecule has 0 aliphatic carbocycles. The van der Waals surface area contributed by atoms with Crippen molar-refractivity contribution < 1.29 is 19.5 Å². The van der Waals surface area contributed by atoms with Gasteiger partial charge in [-0.05, 0) is 5.56 Å². The lowest BCUT2D eigenvalue weighted by molar-refractivity contribution is -0.138. The van der Waals surface area contributed by atoms with Crippen LogP contribution in [-0.2, 0) is 20.9 Å². The fourth-order valence-corrected chi connectivity index (χ4v) is 3.44. The highest BCUT2D eigenvalue weighted by atomic mass is 32.2. The van der Waals surface area contributed by atoms with Crippen molar-refractivity contribution in [3.05, 3.63) is 35.9 Å². The summed E-state index contributed by atoms with van der Waals surface area (Å²) in [5.74, 6) is -1.82. The summed E-state index contributed by atoms with van der Waals surface area (Å²) in [5, 5.41) is 10.2. The normalized spacial score (nSPS) is 17.6. The zero-order valence-corrected chi connectivity index (χ0v) is 13.2. The Balaban J connectivity index is 1.94.